The fourth-order valence-corrected chi connectivity index (χ4v) is 2.82. The van der Waals surface area contributed by atoms with Crippen LogP contribution in [0.1, 0.15) is 11.1 Å². The summed E-state index contributed by atoms with van der Waals surface area (Å²) in [6.45, 7) is 0. The van der Waals surface area contributed by atoms with Crippen LogP contribution in [-0.4, -0.2) is 0 Å². The summed E-state index contributed by atoms with van der Waals surface area (Å²) < 4.78 is 161. The second-order valence-corrected chi connectivity index (χ2v) is 6.70. The molecule has 3 rings (SSSR count). The van der Waals surface area contributed by atoms with Crippen molar-refractivity contribution in [3.8, 4) is 23.0 Å². The highest BCUT2D eigenvalue weighted by atomic mass is 19.4. The van der Waals surface area contributed by atoms with Crippen LogP contribution in [0.25, 0.3) is 0 Å². The molecule has 0 saturated carbocycles. The number of ether oxygens (including phenoxy) is 2. The van der Waals surface area contributed by atoms with Gasteiger partial charge in [-0.25, -0.2) is 22.0 Å². The van der Waals surface area contributed by atoms with Crippen LogP contribution in [0.3, 0.4) is 0 Å². The van der Waals surface area contributed by atoms with E-state index in [1.54, 1.807) is 0 Å². The molecule has 0 spiro atoms. The van der Waals surface area contributed by atoms with Crippen molar-refractivity contribution in [3.05, 3.63) is 70.5 Å². The number of benzene rings is 3. The van der Waals surface area contributed by atoms with E-state index in [1.165, 1.54) is 0 Å². The number of nitrogen functional groups attached to an aromatic ring is 2. The van der Waals surface area contributed by atoms with Gasteiger partial charge in [0.25, 0.3) is 0 Å². The van der Waals surface area contributed by atoms with Gasteiger partial charge in [0.05, 0.1) is 11.4 Å². The summed E-state index contributed by atoms with van der Waals surface area (Å²) in [5.41, 5.74) is 2.77. The van der Waals surface area contributed by atoms with E-state index < -0.39 is 86.9 Å². The highest BCUT2D eigenvalue weighted by Crippen LogP contribution is 2.51. The molecule has 0 radical (unpaired) electrons. The number of rotatable bonds is 4. The van der Waals surface area contributed by atoms with Crippen LogP contribution < -0.4 is 20.9 Å². The largest absolute Gasteiger partial charge is 0.450 e. The minimum atomic E-state index is -6.11. The zero-order valence-electron chi connectivity index (χ0n) is 16.5. The van der Waals surface area contributed by atoms with Crippen LogP contribution >= 0.6 is 0 Å². The summed E-state index contributed by atoms with van der Waals surface area (Å²) in [7, 11) is 0. The molecule has 3 aromatic rings. The Kier molecular flexibility index (Phi) is 6.39. The number of hydrogen-bond acceptors (Lipinski definition) is 4. The molecule has 0 amide bonds. The zero-order valence-corrected chi connectivity index (χ0v) is 16.5. The lowest BCUT2D eigenvalue weighted by molar-refractivity contribution is -0.164. The Morgan fingerprint density at radius 1 is 0.543 bits per heavy atom. The highest BCUT2D eigenvalue weighted by molar-refractivity contribution is 5.56. The Hall–Kier alpha value is -3.91. The molecule has 35 heavy (non-hydrogen) atoms. The zero-order chi connectivity index (χ0) is 26.5. The van der Waals surface area contributed by atoms with Gasteiger partial charge in [0, 0.05) is 6.07 Å². The van der Waals surface area contributed by atoms with Crippen molar-refractivity contribution in [2.75, 3.05) is 11.5 Å². The SMILES string of the molecule is Nc1ccc(F)c(Oc2cc(Oc3c(F)ccc(N)c3F)c(C(F)(F)F)c(C(F)(F)F)c2F)c1F. The molecule has 15 heteroatoms. The lowest BCUT2D eigenvalue weighted by Gasteiger charge is -2.22. The molecule has 4 nitrogen and oxygen atoms in total. The smallest absolute Gasteiger partial charge is 0.420 e. The van der Waals surface area contributed by atoms with Crippen molar-refractivity contribution in [2.24, 2.45) is 0 Å². The van der Waals surface area contributed by atoms with Crippen molar-refractivity contribution >= 4 is 11.4 Å². The maximum Gasteiger partial charge on any atom is 0.420 e. The molecular formula is C20H9F11N2O2. The summed E-state index contributed by atoms with van der Waals surface area (Å²) in [6.07, 6.45) is -12.1. The lowest BCUT2D eigenvalue weighted by atomic mass is 10.0. The van der Waals surface area contributed by atoms with Gasteiger partial charge >= 0.3 is 12.4 Å². The molecule has 0 unspecified atom stereocenters. The van der Waals surface area contributed by atoms with Gasteiger partial charge in [-0.05, 0) is 24.3 Å². The summed E-state index contributed by atoms with van der Waals surface area (Å²) in [5, 5.41) is 0. The molecule has 3 aromatic carbocycles. The number of anilines is 2. The molecule has 4 N–H and O–H groups in total. The van der Waals surface area contributed by atoms with Crippen molar-refractivity contribution in [3.63, 3.8) is 0 Å². The highest BCUT2D eigenvalue weighted by Gasteiger charge is 2.49. The fraction of sp³-hybridized carbons (Fsp3) is 0.100. The Bertz CT molecular complexity index is 1300. The summed E-state index contributed by atoms with van der Waals surface area (Å²) in [4.78, 5) is 0. The van der Waals surface area contributed by atoms with Crippen LogP contribution in [0.15, 0.2) is 30.3 Å². The minimum Gasteiger partial charge on any atom is -0.450 e. The third-order valence-electron chi connectivity index (χ3n) is 4.34. The van der Waals surface area contributed by atoms with Gasteiger partial charge in [0.2, 0.25) is 11.5 Å². The molecular weight excluding hydrogens is 509 g/mol. The van der Waals surface area contributed by atoms with Gasteiger partial charge in [-0.3, -0.25) is 0 Å². The van der Waals surface area contributed by atoms with E-state index in [9.17, 15) is 48.3 Å². The van der Waals surface area contributed by atoms with E-state index in [2.05, 4.69) is 9.47 Å². The quantitative estimate of drug-likeness (QED) is 0.284. The van der Waals surface area contributed by atoms with Crippen molar-refractivity contribution in [1.82, 2.24) is 0 Å². The first-order chi connectivity index (χ1) is 16.0. The first-order valence-corrected chi connectivity index (χ1v) is 8.87. The molecule has 0 aliphatic rings. The van der Waals surface area contributed by atoms with Gasteiger partial charge in [-0.15, -0.1) is 0 Å². The Morgan fingerprint density at radius 2 is 0.943 bits per heavy atom. The normalized spacial score (nSPS) is 12.1. The number of alkyl halides is 6. The summed E-state index contributed by atoms with van der Waals surface area (Å²) in [5.74, 6) is -16.7. The molecule has 0 saturated heterocycles. The van der Waals surface area contributed by atoms with Crippen molar-refractivity contribution in [1.29, 1.82) is 0 Å². The van der Waals surface area contributed by atoms with E-state index in [0.717, 1.165) is 0 Å². The van der Waals surface area contributed by atoms with Crippen LogP contribution in [-0.2, 0) is 12.4 Å². The van der Waals surface area contributed by atoms with E-state index in [4.69, 9.17) is 11.5 Å². The van der Waals surface area contributed by atoms with Crippen molar-refractivity contribution in [2.45, 2.75) is 12.4 Å². The first-order valence-electron chi connectivity index (χ1n) is 8.87. The summed E-state index contributed by atoms with van der Waals surface area (Å²) >= 11 is 0. The summed E-state index contributed by atoms with van der Waals surface area (Å²) in [6, 6.07) is 1.96. The number of nitrogens with two attached hydrogens (primary N) is 2. The number of halogens is 11. The Morgan fingerprint density at radius 3 is 1.34 bits per heavy atom. The average Bonchev–Trinajstić information content (AvgIpc) is 2.73. The van der Waals surface area contributed by atoms with Crippen LogP contribution in [0.4, 0.5) is 59.7 Å². The van der Waals surface area contributed by atoms with Gasteiger partial charge in [0.1, 0.15) is 16.9 Å². The van der Waals surface area contributed by atoms with Gasteiger partial charge in [-0.1, -0.05) is 0 Å². The second kappa shape index (κ2) is 8.70. The third kappa shape index (κ3) is 4.83. The van der Waals surface area contributed by atoms with Gasteiger partial charge in [0.15, 0.2) is 34.8 Å². The lowest BCUT2D eigenvalue weighted by Crippen LogP contribution is -2.20. The molecule has 0 heterocycles. The standard InChI is InChI=1S/C20H9F11N2O2/c21-6-1-3-8(32)14(23)17(6)34-10-5-11(35-18-7(22)2-4-9(33)15(18)24)16(25)13(20(29,30)31)12(10)19(26,27)28/h1-5H,32-33H2. The maximum atomic E-state index is 14.7. The second-order valence-electron chi connectivity index (χ2n) is 6.70. The molecule has 0 bridgehead atoms. The topological polar surface area (TPSA) is 70.5 Å². The van der Waals surface area contributed by atoms with Gasteiger partial charge < -0.3 is 20.9 Å². The molecule has 0 aliphatic carbocycles. The first kappa shape index (κ1) is 25.7. The van der Waals surface area contributed by atoms with E-state index in [-0.39, 0.29) is 6.07 Å². The monoisotopic (exact) mass is 518 g/mol. The average molecular weight is 518 g/mol. The van der Waals surface area contributed by atoms with Crippen LogP contribution in [0, 0.1) is 29.1 Å². The van der Waals surface area contributed by atoms with E-state index in [0.29, 0.717) is 24.3 Å². The molecule has 0 atom stereocenters. The molecule has 0 fully saturated rings. The minimum absolute atomic E-state index is 0.225. The maximum absolute atomic E-state index is 14.7. The van der Waals surface area contributed by atoms with E-state index >= 15 is 0 Å². The Balaban J connectivity index is 2.36. The van der Waals surface area contributed by atoms with Crippen LogP contribution in [0.2, 0.25) is 0 Å². The van der Waals surface area contributed by atoms with Crippen molar-refractivity contribution < 1.29 is 57.8 Å². The predicted molar refractivity (Wildman–Crippen MR) is 98.1 cm³/mol. The third-order valence-corrected chi connectivity index (χ3v) is 4.34. The molecule has 0 aromatic heterocycles. The number of hydrogen-bond donors (Lipinski definition) is 2. The van der Waals surface area contributed by atoms with Gasteiger partial charge in [-0.2, -0.15) is 26.3 Å². The van der Waals surface area contributed by atoms with Crippen LogP contribution in [0.5, 0.6) is 23.0 Å². The molecule has 0 aliphatic heterocycles. The Labute approximate surface area is 187 Å². The predicted octanol–water partition coefficient (Wildman–Crippen LogP) is 7.17. The fourth-order valence-electron chi connectivity index (χ4n) is 2.82. The molecule has 188 valence electrons. The van der Waals surface area contributed by atoms with E-state index in [1.807, 2.05) is 0 Å².